The van der Waals surface area contributed by atoms with Crippen molar-refractivity contribution in [2.75, 3.05) is 0 Å². The van der Waals surface area contributed by atoms with E-state index in [0.717, 1.165) is 6.42 Å². The molecule has 0 fully saturated rings. The van der Waals surface area contributed by atoms with E-state index in [1.54, 1.807) is 0 Å². The normalized spacial score (nSPS) is 14.5. The van der Waals surface area contributed by atoms with Crippen molar-refractivity contribution in [3.05, 3.63) is 46.4 Å². The third-order valence-electron chi connectivity index (χ3n) is 3.13. The summed E-state index contributed by atoms with van der Waals surface area (Å²) in [6, 6.07) is 10.2. The number of aromatic amines is 1. The minimum Gasteiger partial charge on any atom is -0.245 e. The molecule has 0 spiro atoms. The fourth-order valence-electron chi connectivity index (χ4n) is 2.14. The van der Waals surface area contributed by atoms with E-state index in [1.165, 1.54) is 10.2 Å². The van der Waals surface area contributed by atoms with Crippen LogP contribution in [-0.4, -0.2) is 20.2 Å². The molecule has 0 radical (unpaired) electrons. The molecular weight excluding hydrogens is 216 g/mol. The molecule has 17 heavy (non-hydrogen) atoms. The van der Waals surface area contributed by atoms with Crippen LogP contribution < -0.4 is 5.69 Å². The van der Waals surface area contributed by atoms with Crippen LogP contribution in [0.4, 0.5) is 0 Å². The van der Waals surface area contributed by atoms with Crippen LogP contribution in [0, 0.1) is 0 Å². The highest BCUT2D eigenvalue weighted by Crippen LogP contribution is 2.28. The number of rotatable bonds is 4. The number of nitrogens with one attached hydrogen (secondary N) is 1. The van der Waals surface area contributed by atoms with E-state index in [-0.39, 0.29) is 17.6 Å². The summed E-state index contributed by atoms with van der Waals surface area (Å²) < 4.78 is 1.43. The van der Waals surface area contributed by atoms with Crippen molar-refractivity contribution >= 4 is 0 Å². The van der Waals surface area contributed by atoms with Gasteiger partial charge in [-0.2, -0.15) is 4.68 Å². The first-order chi connectivity index (χ1) is 8.24. The molecule has 0 aliphatic rings. The Morgan fingerprint density at radius 3 is 2.59 bits per heavy atom. The van der Waals surface area contributed by atoms with Gasteiger partial charge < -0.3 is 0 Å². The van der Waals surface area contributed by atoms with E-state index in [2.05, 4.69) is 34.6 Å². The maximum Gasteiger partial charge on any atom is 0.361 e. The van der Waals surface area contributed by atoms with E-state index in [4.69, 9.17) is 0 Å². The van der Waals surface area contributed by atoms with Gasteiger partial charge >= 0.3 is 5.69 Å². The minimum atomic E-state index is -0.250. The molecular formula is C12H16N4O. The SMILES string of the molecule is CCC(C(C)c1ccccc1)n1nn[nH]c1=O. The quantitative estimate of drug-likeness (QED) is 0.873. The number of hydrogen-bond donors (Lipinski definition) is 1. The van der Waals surface area contributed by atoms with Gasteiger partial charge in [0.2, 0.25) is 0 Å². The highest BCUT2D eigenvalue weighted by atomic mass is 16.2. The number of aromatic nitrogens is 4. The lowest BCUT2D eigenvalue weighted by atomic mass is 9.92. The summed E-state index contributed by atoms with van der Waals surface area (Å²) in [5.74, 6) is 0.226. The monoisotopic (exact) mass is 232 g/mol. The maximum absolute atomic E-state index is 11.5. The topological polar surface area (TPSA) is 63.6 Å². The first kappa shape index (κ1) is 11.6. The number of hydrogen-bond acceptors (Lipinski definition) is 3. The number of H-pyrrole nitrogens is 1. The maximum atomic E-state index is 11.5. The Kier molecular flexibility index (Phi) is 3.37. The van der Waals surface area contributed by atoms with Crippen LogP contribution in [0.1, 0.15) is 37.8 Å². The molecule has 0 saturated heterocycles. The van der Waals surface area contributed by atoms with E-state index in [1.807, 2.05) is 25.1 Å². The summed E-state index contributed by atoms with van der Waals surface area (Å²) >= 11 is 0. The Bertz CT molecular complexity index is 517. The van der Waals surface area contributed by atoms with Crippen LogP contribution in [0.5, 0.6) is 0 Å². The molecule has 0 saturated carbocycles. The van der Waals surface area contributed by atoms with Gasteiger partial charge in [-0.1, -0.05) is 44.2 Å². The second-order valence-electron chi connectivity index (χ2n) is 4.13. The van der Waals surface area contributed by atoms with Crippen LogP contribution in [0.25, 0.3) is 0 Å². The third kappa shape index (κ3) is 2.27. The number of benzene rings is 1. The molecule has 1 N–H and O–H groups in total. The Hall–Kier alpha value is -1.91. The van der Waals surface area contributed by atoms with Gasteiger partial charge in [-0.3, -0.25) is 0 Å². The van der Waals surface area contributed by atoms with Crippen molar-refractivity contribution in [1.29, 1.82) is 0 Å². The van der Waals surface area contributed by atoms with Gasteiger partial charge in [-0.05, 0) is 22.4 Å². The van der Waals surface area contributed by atoms with Crippen LogP contribution >= 0.6 is 0 Å². The van der Waals surface area contributed by atoms with Gasteiger partial charge in [0.25, 0.3) is 0 Å². The lowest BCUT2D eigenvalue weighted by Gasteiger charge is -2.21. The number of tetrazole rings is 1. The van der Waals surface area contributed by atoms with Crippen molar-refractivity contribution in [3.8, 4) is 0 Å². The fourth-order valence-corrected chi connectivity index (χ4v) is 2.14. The molecule has 0 bridgehead atoms. The standard InChI is InChI=1S/C12H16N4O/c1-3-11(16-12(17)13-14-15-16)9(2)10-7-5-4-6-8-10/h4-9,11H,3H2,1-2H3,(H,13,15,17). The van der Waals surface area contributed by atoms with Crippen LogP contribution in [0.15, 0.2) is 35.1 Å². The zero-order valence-corrected chi connectivity index (χ0v) is 10.00. The predicted molar refractivity (Wildman–Crippen MR) is 64.8 cm³/mol. The molecule has 0 aliphatic carbocycles. The summed E-state index contributed by atoms with van der Waals surface area (Å²) in [5, 5.41) is 9.71. The summed E-state index contributed by atoms with van der Waals surface area (Å²) in [5.41, 5.74) is 0.953. The largest absolute Gasteiger partial charge is 0.361 e. The summed E-state index contributed by atoms with van der Waals surface area (Å²) in [6.45, 7) is 4.15. The molecule has 0 aliphatic heterocycles. The van der Waals surface area contributed by atoms with Gasteiger partial charge in [0.1, 0.15) is 0 Å². The van der Waals surface area contributed by atoms with Crippen molar-refractivity contribution in [2.45, 2.75) is 32.2 Å². The molecule has 0 amide bonds. The molecule has 1 heterocycles. The highest BCUT2D eigenvalue weighted by molar-refractivity contribution is 5.19. The zero-order chi connectivity index (χ0) is 12.3. The molecule has 2 unspecified atom stereocenters. The molecule has 5 nitrogen and oxygen atoms in total. The van der Waals surface area contributed by atoms with Crippen molar-refractivity contribution in [1.82, 2.24) is 20.2 Å². The summed E-state index contributed by atoms with van der Waals surface area (Å²) in [7, 11) is 0. The van der Waals surface area contributed by atoms with Crippen LogP contribution in [0.3, 0.4) is 0 Å². The van der Waals surface area contributed by atoms with Gasteiger partial charge in [-0.25, -0.2) is 9.89 Å². The smallest absolute Gasteiger partial charge is 0.245 e. The second-order valence-corrected chi connectivity index (χ2v) is 4.13. The molecule has 2 rings (SSSR count). The predicted octanol–water partition coefficient (Wildman–Crippen LogP) is 1.72. The molecule has 2 atom stereocenters. The van der Waals surface area contributed by atoms with Crippen molar-refractivity contribution in [2.24, 2.45) is 0 Å². The zero-order valence-electron chi connectivity index (χ0n) is 10.00. The summed E-state index contributed by atoms with van der Waals surface area (Å²) in [6.07, 6.45) is 0.836. The molecule has 1 aromatic carbocycles. The van der Waals surface area contributed by atoms with Crippen LogP contribution in [0.2, 0.25) is 0 Å². The van der Waals surface area contributed by atoms with E-state index in [0.29, 0.717) is 0 Å². The average molecular weight is 232 g/mol. The van der Waals surface area contributed by atoms with E-state index < -0.39 is 0 Å². The molecule has 90 valence electrons. The first-order valence-corrected chi connectivity index (χ1v) is 5.78. The third-order valence-corrected chi connectivity index (χ3v) is 3.13. The lowest BCUT2D eigenvalue weighted by molar-refractivity contribution is 0.366. The molecule has 1 aromatic heterocycles. The second kappa shape index (κ2) is 4.95. The lowest BCUT2D eigenvalue weighted by Crippen LogP contribution is -2.26. The first-order valence-electron chi connectivity index (χ1n) is 5.78. The van der Waals surface area contributed by atoms with Gasteiger partial charge in [0, 0.05) is 5.92 Å². The van der Waals surface area contributed by atoms with Gasteiger partial charge in [0.15, 0.2) is 0 Å². The molecule has 5 heteroatoms. The Morgan fingerprint density at radius 2 is 2.06 bits per heavy atom. The minimum absolute atomic E-state index is 0.0312. The Balaban J connectivity index is 2.32. The molecule has 2 aromatic rings. The fraction of sp³-hybridized carbons (Fsp3) is 0.417. The average Bonchev–Trinajstić information content (AvgIpc) is 2.78. The van der Waals surface area contributed by atoms with Gasteiger partial charge in [0.05, 0.1) is 6.04 Å². The number of nitrogens with zero attached hydrogens (tertiary/aromatic N) is 3. The highest BCUT2D eigenvalue weighted by Gasteiger charge is 2.21. The van der Waals surface area contributed by atoms with Crippen LogP contribution in [-0.2, 0) is 0 Å². The van der Waals surface area contributed by atoms with Crippen molar-refractivity contribution in [3.63, 3.8) is 0 Å². The van der Waals surface area contributed by atoms with E-state index in [9.17, 15) is 4.79 Å². The van der Waals surface area contributed by atoms with Crippen molar-refractivity contribution < 1.29 is 0 Å². The van der Waals surface area contributed by atoms with E-state index >= 15 is 0 Å². The van der Waals surface area contributed by atoms with Gasteiger partial charge in [-0.15, -0.1) is 0 Å². The Labute approximate surface area is 99.5 Å². The Morgan fingerprint density at radius 1 is 1.35 bits per heavy atom. The summed E-state index contributed by atoms with van der Waals surface area (Å²) in [4.78, 5) is 11.5.